The van der Waals surface area contributed by atoms with Crippen LogP contribution in [0.5, 0.6) is 0 Å². The van der Waals surface area contributed by atoms with Gasteiger partial charge in [0.05, 0.1) is 17.0 Å². The van der Waals surface area contributed by atoms with Gasteiger partial charge in [0, 0.05) is 23.7 Å². The normalized spacial score (nSPS) is 23.2. The molecule has 0 saturated carbocycles. The van der Waals surface area contributed by atoms with E-state index < -0.39 is 12.2 Å². The summed E-state index contributed by atoms with van der Waals surface area (Å²) in [6.07, 6.45) is 1.48. The minimum absolute atomic E-state index is 0.00423. The molecule has 3 aromatic rings. The smallest absolute Gasteiger partial charge is 0.280 e. The molecule has 10 heteroatoms. The van der Waals surface area contributed by atoms with E-state index in [2.05, 4.69) is 20.1 Å². The Morgan fingerprint density at radius 3 is 2.68 bits per heavy atom. The first-order valence-corrected chi connectivity index (χ1v) is 10.3. The van der Waals surface area contributed by atoms with Gasteiger partial charge in [-0.25, -0.2) is 22.7 Å². The Labute approximate surface area is 176 Å². The lowest BCUT2D eigenvalue weighted by Gasteiger charge is -2.40. The predicted octanol–water partition coefficient (Wildman–Crippen LogP) is 3.76. The number of carbonyl (C=O) groups excluding carboxylic acids is 1. The van der Waals surface area contributed by atoms with Crippen molar-refractivity contribution in [3.8, 4) is 0 Å². The van der Waals surface area contributed by atoms with E-state index in [0.29, 0.717) is 24.2 Å². The van der Waals surface area contributed by atoms with Crippen molar-refractivity contribution in [2.24, 2.45) is 0 Å². The molecule has 3 aromatic heterocycles. The van der Waals surface area contributed by atoms with E-state index in [1.54, 1.807) is 11.8 Å². The molecule has 2 saturated heterocycles. The Morgan fingerprint density at radius 2 is 1.90 bits per heavy atom. The molecule has 0 spiro atoms. The van der Waals surface area contributed by atoms with Crippen molar-refractivity contribution in [2.75, 3.05) is 0 Å². The van der Waals surface area contributed by atoms with Crippen molar-refractivity contribution < 1.29 is 18.0 Å². The van der Waals surface area contributed by atoms with Crippen LogP contribution in [0.1, 0.15) is 71.2 Å². The topological polar surface area (TPSA) is 76.3 Å². The molecule has 7 nitrogen and oxygen atoms in total. The highest BCUT2D eigenvalue weighted by molar-refractivity contribution is 5.95. The van der Waals surface area contributed by atoms with Gasteiger partial charge < -0.3 is 4.90 Å². The van der Waals surface area contributed by atoms with Crippen molar-refractivity contribution in [3.63, 3.8) is 0 Å². The number of nitrogens with zero attached hydrogens (tertiary/aromatic N) is 6. The fraction of sp³-hybridized carbons (Fsp3) is 0.476. The number of pyridine rings is 1. The van der Waals surface area contributed by atoms with Crippen LogP contribution >= 0.6 is 0 Å². The number of rotatable bonds is 3. The van der Waals surface area contributed by atoms with Gasteiger partial charge in [-0.05, 0) is 51.7 Å². The van der Waals surface area contributed by atoms with Gasteiger partial charge in [0.15, 0.2) is 5.82 Å². The highest BCUT2D eigenvalue weighted by atomic mass is 19.3. The van der Waals surface area contributed by atoms with Crippen LogP contribution in [0.25, 0.3) is 5.78 Å². The molecule has 0 aromatic carbocycles. The summed E-state index contributed by atoms with van der Waals surface area (Å²) in [5, 5.41) is 4.17. The average Bonchev–Trinajstić information content (AvgIpc) is 3.32. The number of carbonyl (C=O) groups is 1. The average molecular weight is 430 g/mol. The molecular formula is C21H21F3N6O. The third kappa shape index (κ3) is 3.16. The maximum absolute atomic E-state index is 14.8. The van der Waals surface area contributed by atoms with Crippen molar-refractivity contribution in [3.05, 3.63) is 52.6 Å². The van der Waals surface area contributed by atoms with E-state index in [0.717, 1.165) is 12.8 Å². The molecule has 0 aliphatic carbocycles. The van der Waals surface area contributed by atoms with Gasteiger partial charge in [-0.1, -0.05) is 0 Å². The standard InChI is InChI=1S/C21H21F3N6O/c1-10-7-14(18(22)11(2)27-10)20(31)29-12-3-5-13(16(29)6-4-12)17-8-15(19(23)24)28-21-25-9-26-30(17)21/h7-9,12-13,16,19H,3-6H2,1-2H3/t12-,13-,16-/m0/s1. The Bertz CT molecular complexity index is 1180. The summed E-state index contributed by atoms with van der Waals surface area (Å²) in [7, 11) is 0. The van der Waals surface area contributed by atoms with E-state index in [4.69, 9.17) is 0 Å². The SMILES string of the molecule is Cc1cc(C(=O)N2[C@H]3CC[C@H](c4cc(C(F)F)nc5ncnn45)[C@@H]2CC3)c(F)c(C)n1. The molecule has 2 fully saturated rings. The fourth-order valence-electron chi connectivity index (χ4n) is 5.15. The minimum atomic E-state index is -2.74. The van der Waals surface area contributed by atoms with Crippen LogP contribution in [0.4, 0.5) is 13.2 Å². The zero-order chi connectivity index (χ0) is 21.9. The maximum Gasteiger partial charge on any atom is 0.280 e. The number of hydrogen-bond donors (Lipinski definition) is 0. The van der Waals surface area contributed by atoms with E-state index in [-0.39, 0.29) is 46.6 Å². The van der Waals surface area contributed by atoms with E-state index in [1.807, 2.05) is 0 Å². The molecule has 162 valence electrons. The van der Waals surface area contributed by atoms with E-state index >= 15 is 0 Å². The van der Waals surface area contributed by atoms with Gasteiger partial charge in [-0.3, -0.25) is 9.78 Å². The molecule has 0 radical (unpaired) electrons. The molecule has 2 bridgehead atoms. The summed E-state index contributed by atoms with van der Waals surface area (Å²) in [5.74, 6) is -1.10. The third-order valence-electron chi connectivity index (χ3n) is 6.44. The van der Waals surface area contributed by atoms with Gasteiger partial charge in [-0.15, -0.1) is 0 Å². The van der Waals surface area contributed by atoms with Gasteiger partial charge in [0.1, 0.15) is 12.0 Å². The molecular weight excluding hydrogens is 409 g/mol. The van der Waals surface area contributed by atoms with Crippen LogP contribution in [0.15, 0.2) is 18.5 Å². The van der Waals surface area contributed by atoms with Gasteiger partial charge >= 0.3 is 0 Å². The van der Waals surface area contributed by atoms with Crippen molar-refractivity contribution in [1.82, 2.24) is 29.5 Å². The van der Waals surface area contributed by atoms with Crippen LogP contribution in [-0.2, 0) is 0 Å². The van der Waals surface area contributed by atoms with Crippen molar-refractivity contribution in [2.45, 2.75) is 64.0 Å². The number of amides is 1. The number of aryl methyl sites for hydroxylation is 2. The predicted molar refractivity (Wildman–Crippen MR) is 104 cm³/mol. The zero-order valence-corrected chi connectivity index (χ0v) is 17.1. The molecule has 2 aliphatic heterocycles. The highest BCUT2D eigenvalue weighted by Crippen LogP contribution is 2.45. The summed E-state index contributed by atoms with van der Waals surface area (Å²) in [6, 6.07) is 2.61. The van der Waals surface area contributed by atoms with E-state index in [9.17, 15) is 18.0 Å². The number of aromatic nitrogens is 5. The number of alkyl halides is 2. The molecule has 5 rings (SSSR count). The lowest BCUT2D eigenvalue weighted by molar-refractivity contribution is 0.0548. The lowest BCUT2D eigenvalue weighted by atomic mass is 9.86. The van der Waals surface area contributed by atoms with Crippen LogP contribution < -0.4 is 0 Å². The summed E-state index contributed by atoms with van der Waals surface area (Å²) in [5.41, 5.74) is 0.965. The largest absolute Gasteiger partial charge is 0.332 e. The first kappa shape index (κ1) is 19.9. The third-order valence-corrected chi connectivity index (χ3v) is 6.44. The van der Waals surface area contributed by atoms with Crippen LogP contribution in [0.2, 0.25) is 0 Å². The van der Waals surface area contributed by atoms with Crippen LogP contribution in [-0.4, -0.2) is 47.5 Å². The second-order valence-corrected chi connectivity index (χ2v) is 8.28. The Hall–Kier alpha value is -3.04. The quantitative estimate of drug-likeness (QED) is 0.632. The van der Waals surface area contributed by atoms with Gasteiger partial charge in [0.2, 0.25) is 0 Å². The molecule has 0 unspecified atom stereocenters. The summed E-state index contributed by atoms with van der Waals surface area (Å²) >= 11 is 0. The minimum Gasteiger partial charge on any atom is -0.332 e. The monoisotopic (exact) mass is 430 g/mol. The second kappa shape index (κ2) is 7.28. The molecule has 5 heterocycles. The summed E-state index contributed by atoms with van der Waals surface area (Å²) in [4.78, 5) is 27.1. The maximum atomic E-state index is 14.8. The molecule has 1 amide bonds. The number of halogens is 3. The Balaban J connectivity index is 1.57. The second-order valence-electron chi connectivity index (χ2n) is 8.28. The lowest BCUT2D eigenvalue weighted by Crippen LogP contribution is -2.48. The van der Waals surface area contributed by atoms with Gasteiger partial charge in [0.25, 0.3) is 18.1 Å². The molecule has 31 heavy (non-hydrogen) atoms. The van der Waals surface area contributed by atoms with Crippen LogP contribution in [0.3, 0.4) is 0 Å². The van der Waals surface area contributed by atoms with Gasteiger partial charge in [-0.2, -0.15) is 10.1 Å². The highest BCUT2D eigenvalue weighted by Gasteiger charge is 2.47. The molecule has 3 atom stereocenters. The Kier molecular flexibility index (Phi) is 4.67. The zero-order valence-electron chi connectivity index (χ0n) is 17.1. The first-order valence-electron chi connectivity index (χ1n) is 10.3. The van der Waals surface area contributed by atoms with Crippen LogP contribution in [0, 0.1) is 19.7 Å². The number of hydrogen-bond acceptors (Lipinski definition) is 5. The Morgan fingerprint density at radius 1 is 1.13 bits per heavy atom. The number of piperidine rings is 1. The first-order chi connectivity index (χ1) is 14.8. The van der Waals surface area contributed by atoms with Crippen molar-refractivity contribution >= 4 is 11.7 Å². The summed E-state index contributed by atoms with van der Waals surface area (Å²) in [6.45, 7) is 3.26. The van der Waals surface area contributed by atoms with E-state index in [1.165, 1.54) is 29.9 Å². The number of fused-ring (bicyclic) bond motifs is 3. The molecule has 0 N–H and O–H groups in total. The van der Waals surface area contributed by atoms with Crippen molar-refractivity contribution in [1.29, 1.82) is 0 Å². The molecule has 2 aliphatic rings. The summed E-state index contributed by atoms with van der Waals surface area (Å²) < 4.78 is 43.1. The fourth-order valence-corrected chi connectivity index (χ4v) is 5.15.